The van der Waals surface area contributed by atoms with Crippen LogP contribution in [0.15, 0.2) is 18.2 Å². The van der Waals surface area contributed by atoms with E-state index in [9.17, 15) is 22.4 Å². The van der Waals surface area contributed by atoms with Crippen LogP contribution in [0, 0.1) is 11.7 Å². The minimum absolute atomic E-state index is 0.0408. The van der Waals surface area contributed by atoms with E-state index in [2.05, 4.69) is 5.32 Å². The standard InChI is InChI=1S/C31H52FNO6S2/c1-12-33-27(35)24-14-13-22(19-25(24)32)26(34)23(20-40-30(8,9)15-17-38-28(2,3)4)21-41(36,37)31(10,11)16-18-39-29(5,6)7/h13-14,19,23H,12,15-18,20-21H2,1-11H3,(H,33,35). The molecule has 1 atom stereocenters. The number of Topliss-reactive ketones (excluding diaryl/α,β-unsaturated/α-hetero) is 1. The molecule has 1 amide bonds. The van der Waals surface area contributed by atoms with E-state index >= 15 is 0 Å². The van der Waals surface area contributed by atoms with Crippen molar-refractivity contribution < 1.29 is 31.9 Å². The number of benzene rings is 1. The molecule has 1 aromatic carbocycles. The van der Waals surface area contributed by atoms with Crippen molar-refractivity contribution in [2.75, 3.05) is 31.3 Å². The molecular formula is C31H52FNO6S2. The van der Waals surface area contributed by atoms with Crippen LogP contribution in [0.2, 0.25) is 0 Å². The highest BCUT2D eigenvalue weighted by atomic mass is 32.2. The number of thioether (sulfide) groups is 1. The summed E-state index contributed by atoms with van der Waals surface area (Å²) in [6.45, 7) is 21.9. The van der Waals surface area contributed by atoms with Crippen LogP contribution in [0.5, 0.6) is 0 Å². The van der Waals surface area contributed by atoms with E-state index in [4.69, 9.17) is 9.47 Å². The SMILES string of the molecule is CCNC(=O)c1ccc(C(=O)C(CSC(C)(C)CCOC(C)(C)C)CS(=O)(=O)C(C)(C)CCOC(C)(C)C)cc1F. The molecule has 0 aliphatic carbocycles. The maximum Gasteiger partial charge on any atom is 0.254 e. The largest absolute Gasteiger partial charge is 0.376 e. The Hall–Kier alpha value is -1.49. The third kappa shape index (κ3) is 13.1. The van der Waals surface area contributed by atoms with Gasteiger partial charge in [-0.1, -0.05) is 19.9 Å². The first-order valence-electron chi connectivity index (χ1n) is 14.3. The average molecular weight is 618 g/mol. The van der Waals surface area contributed by atoms with Gasteiger partial charge < -0.3 is 14.8 Å². The third-order valence-corrected chi connectivity index (χ3v) is 10.9. The lowest BCUT2D eigenvalue weighted by Crippen LogP contribution is -2.40. The summed E-state index contributed by atoms with van der Waals surface area (Å²) in [5.74, 6) is -2.92. The molecule has 7 nitrogen and oxygen atoms in total. The number of sulfone groups is 1. The number of halogens is 1. The van der Waals surface area contributed by atoms with Crippen LogP contribution in [0.1, 0.15) is 110 Å². The van der Waals surface area contributed by atoms with Gasteiger partial charge in [0.2, 0.25) is 0 Å². The second-order valence-electron chi connectivity index (χ2n) is 13.6. The van der Waals surface area contributed by atoms with E-state index < -0.39 is 43.6 Å². The lowest BCUT2D eigenvalue weighted by atomic mass is 9.99. The minimum atomic E-state index is -3.77. The van der Waals surface area contributed by atoms with Gasteiger partial charge in [0.25, 0.3) is 5.91 Å². The van der Waals surface area contributed by atoms with Crippen LogP contribution < -0.4 is 5.32 Å². The summed E-state index contributed by atoms with van der Waals surface area (Å²) in [7, 11) is -3.77. The maximum atomic E-state index is 14.9. The van der Waals surface area contributed by atoms with Gasteiger partial charge >= 0.3 is 0 Å². The average Bonchev–Trinajstić information content (AvgIpc) is 2.79. The predicted octanol–water partition coefficient (Wildman–Crippen LogP) is 6.49. The van der Waals surface area contributed by atoms with Gasteiger partial charge in [0.05, 0.1) is 27.3 Å². The molecule has 0 saturated carbocycles. The highest BCUT2D eigenvalue weighted by Gasteiger charge is 2.39. The molecule has 0 fully saturated rings. The zero-order valence-corrected chi connectivity index (χ0v) is 28.5. The van der Waals surface area contributed by atoms with Crippen LogP contribution >= 0.6 is 11.8 Å². The monoisotopic (exact) mass is 617 g/mol. The molecule has 1 unspecified atom stereocenters. The summed E-state index contributed by atoms with van der Waals surface area (Å²) in [5.41, 5.74) is -0.803. The fourth-order valence-electron chi connectivity index (χ4n) is 3.79. The Balaban J connectivity index is 3.25. The first-order chi connectivity index (χ1) is 18.5. The number of carbonyl (C=O) groups excluding carboxylic acids is 2. The second kappa shape index (κ2) is 14.8. The molecule has 0 aromatic heterocycles. The summed E-state index contributed by atoms with van der Waals surface area (Å²) in [4.78, 5) is 25.9. The van der Waals surface area contributed by atoms with Gasteiger partial charge in [0, 0.05) is 41.7 Å². The Kier molecular flexibility index (Phi) is 13.5. The van der Waals surface area contributed by atoms with Crippen molar-refractivity contribution in [2.24, 2.45) is 5.92 Å². The van der Waals surface area contributed by atoms with Crippen molar-refractivity contribution in [1.82, 2.24) is 5.32 Å². The molecule has 1 N–H and O–H groups in total. The molecule has 236 valence electrons. The molecule has 0 spiro atoms. The van der Waals surface area contributed by atoms with Crippen molar-refractivity contribution in [1.29, 1.82) is 0 Å². The summed E-state index contributed by atoms with van der Waals surface area (Å²) >= 11 is 1.50. The molecule has 10 heteroatoms. The van der Waals surface area contributed by atoms with Crippen molar-refractivity contribution >= 4 is 33.3 Å². The van der Waals surface area contributed by atoms with Gasteiger partial charge in [-0.3, -0.25) is 9.59 Å². The van der Waals surface area contributed by atoms with E-state index in [1.807, 2.05) is 55.4 Å². The number of hydrogen-bond donors (Lipinski definition) is 1. The van der Waals surface area contributed by atoms with Gasteiger partial charge in [-0.25, -0.2) is 12.8 Å². The third-order valence-electron chi connectivity index (χ3n) is 6.62. The van der Waals surface area contributed by atoms with E-state index in [1.54, 1.807) is 20.8 Å². The number of ketones is 1. The Morgan fingerprint density at radius 1 is 0.927 bits per heavy atom. The predicted molar refractivity (Wildman–Crippen MR) is 167 cm³/mol. The van der Waals surface area contributed by atoms with Gasteiger partial charge in [-0.2, -0.15) is 11.8 Å². The van der Waals surface area contributed by atoms with E-state index in [1.165, 1.54) is 23.9 Å². The first-order valence-corrected chi connectivity index (χ1v) is 16.9. The van der Waals surface area contributed by atoms with E-state index in [0.29, 0.717) is 19.6 Å². The zero-order valence-electron chi connectivity index (χ0n) is 26.9. The van der Waals surface area contributed by atoms with Crippen LogP contribution in [0.3, 0.4) is 0 Å². The Morgan fingerprint density at radius 2 is 1.46 bits per heavy atom. The molecule has 1 rings (SSSR count). The molecule has 1 aromatic rings. The molecule has 0 aliphatic rings. The minimum Gasteiger partial charge on any atom is -0.376 e. The summed E-state index contributed by atoms with van der Waals surface area (Å²) in [6.07, 6.45) is 0.972. The van der Waals surface area contributed by atoms with Gasteiger partial charge in [-0.15, -0.1) is 0 Å². The quantitative estimate of drug-likeness (QED) is 0.212. The molecule has 0 saturated heterocycles. The fourth-order valence-corrected chi connectivity index (χ4v) is 6.74. The highest BCUT2D eigenvalue weighted by molar-refractivity contribution is 8.00. The van der Waals surface area contributed by atoms with Crippen LogP contribution in [-0.4, -0.2) is 72.1 Å². The number of nitrogens with one attached hydrogen (secondary N) is 1. The fraction of sp³-hybridized carbons (Fsp3) is 0.742. The normalized spacial score (nSPS) is 14.1. The summed E-state index contributed by atoms with van der Waals surface area (Å²) in [6, 6.07) is 3.69. The number of amides is 1. The number of hydrogen-bond acceptors (Lipinski definition) is 7. The van der Waals surface area contributed by atoms with Crippen LogP contribution in [0.25, 0.3) is 0 Å². The highest BCUT2D eigenvalue weighted by Crippen LogP contribution is 2.34. The lowest BCUT2D eigenvalue weighted by Gasteiger charge is -2.31. The number of rotatable bonds is 16. The maximum absolute atomic E-state index is 14.9. The smallest absolute Gasteiger partial charge is 0.254 e. The van der Waals surface area contributed by atoms with Crippen LogP contribution in [-0.2, 0) is 19.3 Å². The molecule has 0 bridgehead atoms. The lowest BCUT2D eigenvalue weighted by molar-refractivity contribution is -0.00683. The second-order valence-corrected chi connectivity index (χ2v) is 18.0. The molecular weight excluding hydrogens is 565 g/mol. The van der Waals surface area contributed by atoms with Crippen molar-refractivity contribution in [3.8, 4) is 0 Å². The Labute approximate surface area is 252 Å². The van der Waals surface area contributed by atoms with Crippen molar-refractivity contribution in [2.45, 2.75) is 110 Å². The van der Waals surface area contributed by atoms with Crippen molar-refractivity contribution in [3.63, 3.8) is 0 Å². The zero-order chi connectivity index (χ0) is 31.9. The molecule has 0 aliphatic heterocycles. The molecule has 0 radical (unpaired) electrons. The van der Waals surface area contributed by atoms with E-state index in [0.717, 1.165) is 6.07 Å². The summed E-state index contributed by atoms with van der Waals surface area (Å²) in [5, 5.41) is 2.54. The van der Waals surface area contributed by atoms with Gasteiger partial charge in [0.1, 0.15) is 5.82 Å². The summed E-state index contributed by atoms with van der Waals surface area (Å²) < 4.78 is 52.4. The Morgan fingerprint density at radius 3 is 1.95 bits per heavy atom. The topological polar surface area (TPSA) is 98.8 Å². The molecule has 41 heavy (non-hydrogen) atoms. The van der Waals surface area contributed by atoms with Crippen LogP contribution in [0.4, 0.5) is 4.39 Å². The number of ether oxygens (including phenoxy) is 2. The Bertz CT molecular complexity index is 1130. The first kappa shape index (κ1) is 37.5. The van der Waals surface area contributed by atoms with Gasteiger partial charge in [0.15, 0.2) is 15.6 Å². The van der Waals surface area contributed by atoms with Crippen molar-refractivity contribution in [3.05, 3.63) is 35.1 Å². The number of carbonyl (C=O) groups is 2. The molecule has 0 heterocycles. The van der Waals surface area contributed by atoms with E-state index in [-0.39, 0.29) is 46.0 Å². The van der Waals surface area contributed by atoms with Gasteiger partial charge in [-0.05, 0) is 87.3 Å².